The Morgan fingerprint density at radius 2 is 2.29 bits per heavy atom. The van der Waals surface area contributed by atoms with Crippen molar-refractivity contribution in [2.45, 2.75) is 12.5 Å². The third-order valence-corrected chi connectivity index (χ3v) is 3.07. The highest BCUT2D eigenvalue weighted by atomic mass is 16.5. The van der Waals surface area contributed by atoms with Gasteiger partial charge in [0, 0.05) is 25.5 Å². The lowest BCUT2D eigenvalue weighted by Crippen LogP contribution is -2.30. The number of benzene rings is 1. The molecule has 1 aromatic carbocycles. The van der Waals surface area contributed by atoms with Crippen molar-refractivity contribution in [3.63, 3.8) is 0 Å². The van der Waals surface area contributed by atoms with E-state index in [0.29, 0.717) is 29.9 Å². The molecule has 2 aromatic rings. The van der Waals surface area contributed by atoms with Gasteiger partial charge in [0.05, 0.1) is 17.1 Å². The average molecular weight is 285 g/mol. The van der Waals surface area contributed by atoms with Crippen molar-refractivity contribution in [1.29, 1.82) is 5.26 Å². The summed E-state index contributed by atoms with van der Waals surface area (Å²) < 4.78 is 4.90. The quantitative estimate of drug-likeness (QED) is 0.843. The van der Waals surface area contributed by atoms with Crippen LogP contribution < -0.4 is 5.32 Å². The standard InChI is InChI=1S/C15H15N3O3/c1-21-7-6-13(15(19)20)18-14-8-10(9-16)11-4-2-3-5-12(11)17-14/h2-5,8,13H,6-7H2,1H3,(H,17,18)(H,19,20). The van der Waals surface area contributed by atoms with Crippen LogP contribution in [-0.2, 0) is 9.53 Å². The fraction of sp³-hybridized carbons (Fsp3) is 0.267. The molecular weight excluding hydrogens is 270 g/mol. The summed E-state index contributed by atoms with van der Waals surface area (Å²) in [6.45, 7) is 0.322. The second-order valence-corrected chi connectivity index (χ2v) is 4.50. The van der Waals surface area contributed by atoms with Crippen molar-refractivity contribution in [1.82, 2.24) is 4.98 Å². The van der Waals surface area contributed by atoms with Crippen LogP contribution in [-0.4, -0.2) is 35.8 Å². The van der Waals surface area contributed by atoms with Gasteiger partial charge in [-0.25, -0.2) is 9.78 Å². The van der Waals surface area contributed by atoms with E-state index in [4.69, 9.17) is 4.74 Å². The third-order valence-electron chi connectivity index (χ3n) is 3.07. The van der Waals surface area contributed by atoms with Gasteiger partial charge in [0.25, 0.3) is 0 Å². The number of nitrogens with zero attached hydrogens (tertiary/aromatic N) is 2. The molecule has 6 heteroatoms. The van der Waals surface area contributed by atoms with Crippen LogP contribution in [0.25, 0.3) is 10.9 Å². The smallest absolute Gasteiger partial charge is 0.326 e. The second-order valence-electron chi connectivity index (χ2n) is 4.50. The zero-order chi connectivity index (χ0) is 15.2. The first-order valence-corrected chi connectivity index (χ1v) is 6.44. The molecule has 1 unspecified atom stereocenters. The number of carboxylic acids is 1. The van der Waals surface area contributed by atoms with Gasteiger partial charge in [-0.15, -0.1) is 0 Å². The maximum absolute atomic E-state index is 11.2. The summed E-state index contributed by atoms with van der Waals surface area (Å²) in [7, 11) is 1.51. The fourth-order valence-electron chi connectivity index (χ4n) is 2.01. The Labute approximate surface area is 122 Å². The number of fused-ring (bicyclic) bond motifs is 1. The molecule has 0 aliphatic carbocycles. The van der Waals surface area contributed by atoms with E-state index in [9.17, 15) is 15.2 Å². The molecule has 2 N–H and O–H groups in total. The first kappa shape index (κ1) is 14.8. The summed E-state index contributed by atoms with van der Waals surface area (Å²) in [5.74, 6) is -0.616. The van der Waals surface area contributed by atoms with Crippen molar-refractivity contribution in [3.05, 3.63) is 35.9 Å². The topological polar surface area (TPSA) is 95.2 Å². The summed E-state index contributed by atoms with van der Waals surface area (Å²) in [5, 5.41) is 22.0. The maximum atomic E-state index is 11.2. The van der Waals surface area contributed by atoms with Crippen LogP contribution in [0.4, 0.5) is 5.82 Å². The van der Waals surface area contributed by atoms with Crippen molar-refractivity contribution in [2.24, 2.45) is 0 Å². The molecule has 2 rings (SSSR count). The number of anilines is 1. The van der Waals surface area contributed by atoms with E-state index in [1.54, 1.807) is 12.1 Å². The second kappa shape index (κ2) is 6.68. The number of carboxylic acid groups (broad SMARTS) is 1. The van der Waals surface area contributed by atoms with Gasteiger partial charge in [-0.05, 0) is 12.1 Å². The van der Waals surface area contributed by atoms with Crippen LogP contribution in [0.15, 0.2) is 30.3 Å². The molecular formula is C15H15N3O3. The van der Waals surface area contributed by atoms with E-state index < -0.39 is 12.0 Å². The number of methoxy groups -OCH3 is 1. The molecule has 0 bridgehead atoms. The largest absolute Gasteiger partial charge is 0.480 e. The molecule has 0 radical (unpaired) electrons. The molecule has 0 saturated heterocycles. The molecule has 6 nitrogen and oxygen atoms in total. The number of pyridine rings is 1. The number of nitriles is 1. The maximum Gasteiger partial charge on any atom is 0.326 e. The molecule has 0 saturated carbocycles. The molecule has 1 heterocycles. The van der Waals surface area contributed by atoms with E-state index in [-0.39, 0.29) is 0 Å². The SMILES string of the molecule is COCCC(Nc1cc(C#N)c2ccccc2n1)C(=O)O. The van der Waals surface area contributed by atoms with Gasteiger partial charge in [0.1, 0.15) is 11.9 Å². The highest BCUT2D eigenvalue weighted by molar-refractivity contribution is 5.87. The Morgan fingerprint density at radius 3 is 2.95 bits per heavy atom. The number of aromatic nitrogens is 1. The first-order chi connectivity index (χ1) is 10.2. The summed E-state index contributed by atoms with van der Waals surface area (Å²) in [6.07, 6.45) is 0.308. The molecule has 0 fully saturated rings. The van der Waals surface area contributed by atoms with E-state index >= 15 is 0 Å². The van der Waals surface area contributed by atoms with Gasteiger partial charge in [-0.3, -0.25) is 0 Å². The first-order valence-electron chi connectivity index (χ1n) is 6.44. The van der Waals surface area contributed by atoms with Crippen LogP contribution in [0.1, 0.15) is 12.0 Å². The summed E-state index contributed by atoms with van der Waals surface area (Å²) in [4.78, 5) is 15.6. The number of hydrogen-bond donors (Lipinski definition) is 2. The van der Waals surface area contributed by atoms with E-state index in [1.165, 1.54) is 7.11 Å². The number of hydrogen-bond acceptors (Lipinski definition) is 5. The molecule has 0 aliphatic rings. The monoisotopic (exact) mass is 285 g/mol. The van der Waals surface area contributed by atoms with Crippen molar-refractivity contribution in [3.8, 4) is 6.07 Å². The third kappa shape index (κ3) is 3.46. The van der Waals surface area contributed by atoms with Crippen molar-refractivity contribution >= 4 is 22.7 Å². The van der Waals surface area contributed by atoms with Crippen LogP contribution in [0.3, 0.4) is 0 Å². The zero-order valence-electron chi connectivity index (χ0n) is 11.5. The lowest BCUT2D eigenvalue weighted by molar-refractivity contribution is -0.138. The summed E-state index contributed by atoms with van der Waals surface area (Å²) >= 11 is 0. The predicted molar refractivity (Wildman–Crippen MR) is 78.0 cm³/mol. The zero-order valence-corrected chi connectivity index (χ0v) is 11.5. The van der Waals surface area contributed by atoms with Gasteiger partial charge < -0.3 is 15.2 Å². The molecule has 1 atom stereocenters. The number of aliphatic carboxylic acids is 1. The van der Waals surface area contributed by atoms with Crippen molar-refractivity contribution in [2.75, 3.05) is 19.0 Å². The minimum atomic E-state index is -0.986. The lowest BCUT2D eigenvalue weighted by Gasteiger charge is -2.15. The Bertz CT molecular complexity index is 694. The van der Waals surface area contributed by atoms with Gasteiger partial charge in [0.2, 0.25) is 0 Å². The van der Waals surface area contributed by atoms with Gasteiger partial charge in [-0.2, -0.15) is 5.26 Å². The normalized spacial score (nSPS) is 11.8. The Balaban J connectivity index is 2.33. The number of ether oxygens (including phenoxy) is 1. The number of para-hydroxylation sites is 1. The number of nitrogens with one attached hydrogen (secondary N) is 1. The Morgan fingerprint density at radius 1 is 1.52 bits per heavy atom. The highest BCUT2D eigenvalue weighted by Gasteiger charge is 2.18. The summed E-state index contributed by atoms with van der Waals surface area (Å²) in [6, 6.07) is 10.1. The van der Waals surface area contributed by atoms with Crippen LogP contribution >= 0.6 is 0 Å². The van der Waals surface area contributed by atoms with Crippen LogP contribution in [0.5, 0.6) is 0 Å². The van der Waals surface area contributed by atoms with Crippen LogP contribution in [0.2, 0.25) is 0 Å². The summed E-state index contributed by atoms with van der Waals surface area (Å²) in [5.41, 5.74) is 1.11. The lowest BCUT2D eigenvalue weighted by atomic mass is 10.1. The Hall–Kier alpha value is -2.65. The molecule has 0 amide bonds. The molecule has 0 spiro atoms. The highest BCUT2D eigenvalue weighted by Crippen LogP contribution is 2.20. The minimum Gasteiger partial charge on any atom is -0.480 e. The van der Waals surface area contributed by atoms with Gasteiger partial charge in [0.15, 0.2) is 0 Å². The Kier molecular flexibility index (Phi) is 4.69. The molecule has 21 heavy (non-hydrogen) atoms. The van der Waals surface area contributed by atoms with Gasteiger partial charge >= 0.3 is 5.97 Å². The molecule has 1 aromatic heterocycles. The van der Waals surface area contributed by atoms with E-state index in [2.05, 4.69) is 16.4 Å². The molecule has 108 valence electrons. The molecule has 0 aliphatic heterocycles. The van der Waals surface area contributed by atoms with Gasteiger partial charge in [-0.1, -0.05) is 18.2 Å². The minimum absolute atomic E-state index is 0.308. The van der Waals surface area contributed by atoms with E-state index in [0.717, 1.165) is 5.39 Å². The van der Waals surface area contributed by atoms with Crippen LogP contribution in [0, 0.1) is 11.3 Å². The van der Waals surface area contributed by atoms with E-state index in [1.807, 2.05) is 18.2 Å². The number of rotatable bonds is 6. The average Bonchev–Trinajstić information content (AvgIpc) is 2.50. The van der Waals surface area contributed by atoms with Crippen molar-refractivity contribution < 1.29 is 14.6 Å². The number of carbonyl (C=O) groups is 1. The fourth-order valence-corrected chi connectivity index (χ4v) is 2.01. The predicted octanol–water partition coefficient (Wildman–Crippen LogP) is 2.01.